The summed E-state index contributed by atoms with van der Waals surface area (Å²) in [4.78, 5) is 16.8. The number of carbonyl (C=O) groups excluding carboxylic acids is 1. The Morgan fingerprint density at radius 2 is 2.13 bits per heavy atom. The number of nitrogens with one attached hydrogen (secondary N) is 1. The number of allylic oxidation sites excluding steroid dienone is 2. The summed E-state index contributed by atoms with van der Waals surface area (Å²) in [5, 5.41) is 7.57. The molecule has 0 amide bonds. The van der Waals surface area contributed by atoms with Crippen molar-refractivity contribution in [3.63, 3.8) is 0 Å². The first-order valence-corrected chi connectivity index (χ1v) is 7.63. The van der Waals surface area contributed by atoms with Gasteiger partial charge in [0, 0.05) is 17.7 Å². The molecule has 2 aliphatic heterocycles. The van der Waals surface area contributed by atoms with Gasteiger partial charge in [-0.2, -0.15) is 10.1 Å². The molecule has 0 spiro atoms. The zero-order valence-electron chi connectivity index (χ0n) is 12.3. The summed E-state index contributed by atoms with van der Waals surface area (Å²) in [6.07, 6.45) is 3.80. The van der Waals surface area contributed by atoms with E-state index in [0.717, 1.165) is 35.4 Å². The van der Waals surface area contributed by atoms with Crippen LogP contribution in [0.15, 0.2) is 35.8 Å². The van der Waals surface area contributed by atoms with Gasteiger partial charge >= 0.3 is 0 Å². The fourth-order valence-electron chi connectivity index (χ4n) is 3.49. The Kier molecular flexibility index (Phi) is 2.53. The molecular formula is C16H14N4O3. The number of hydrogen-bond donors (Lipinski definition) is 1. The maximum absolute atomic E-state index is 12.6. The second kappa shape index (κ2) is 4.58. The first-order valence-electron chi connectivity index (χ1n) is 7.63. The van der Waals surface area contributed by atoms with Gasteiger partial charge < -0.3 is 14.8 Å². The average molecular weight is 310 g/mol. The van der Waals surface area contributed by atoms with Crippen molar-refractivity contribution in [2.75, 3.05) is 12.1 Å². The van der Waals surface area contributed by atoms with Crippen molar-refractivity contribution in [2.45, 2.75) is 25.3 Å². The van der Waals surface area contributed by atoms with Crippen LogP contribution in [0.4, 0.5) is 5.95 Å². The predicted octanol–water partition coefficient (Wildman–Crippen LogP) is 2.03. The summed E-state index contributed by atoms with van der Waals surface area (Å²) >= 11 is 0. The van der Waals surface area contributed by atoms with Gasteiger partial charge in [-0.25, -0.2) is 4.68 Å². The highest BCUT2D eigenvalue weighted by molar-refractivity contribution is 5.99. The molecule has 116 valence electrons. The van der Waals surface area contributed by atoms with Crippen LogP contribution < -0.4 is 14.8 Å². The highest BCUT2D eigenvalue weighted by atomic mass is 16.7. The van der Waals surface area contributed by atoms with Crippen molar-refractivity contribution in [3.05, 3.63) is 41.4 Å². The number of rotatable bonds is 1. The van der Waals surface area contributed by atoms with Crippen molar-refractivity contribution < 1.29 is 14.3 Å². The summed E-state index contributed by atoms with van der Waals surface area (Å²) in [6, 6.07) is 5.49. The van der Waals surface area contributed by atoms with Gasteiger partial charge in [0.2, 0.25) is 12.7 Å². The molecule has 0 unspecified atom stereocenters. The molecule has 2 aromatic rings. The Bertz CT molecular complexity index is 855. The van der Waals surface area contributed by atoms with Crippen LogP contribution >= 0.6 is 0 Å². The summed E-state index contributed by atoms with van der Waals surface area (Å²) in [5.74, 6) is 2.27. The lowest BCUT2D eigenvalue weighted by Crippen LogP contribution is -2.31. The van der Waals surface area contributed by atoms with Crippen molar-refractivity contribution >= 4 is 11.7 Å². The third kappa shape index (κ3) is 1.79. The van der Waals surface area contributed by atoms with Crippen LogP contribution in [0.5, 0.6) is 11.5 Å². The standard InChI is InChI=1S/C16H14N4O3/c21-11-3-1-2-10-14(11)15(20-16(19-10)17-7-18-20)9-4-5-12-13(6-9)23-8-22-12/h4-7,15H,1-3,8H2,(H,17,18,19)/t15-/m1/s1. The molecule has 3 heterocycles. The van der Waals surface area contributed by atoms with E-state index >= 15 is 0 Å². The molecule has 7 heteroatoms. The van der Waals surface area contributed by atoms with E-state index in [1.54, 1.807) is 4.68 Å². The molecule has 1 aromatic carbocycles. The minimum Gasteiger partial charge on any atom is -0.454 e. The SMILES string of the molecule is O=C1CCCC2=C1[C@@H](c1ccc3c(c1)OCO3)n1ncnc1N2. The van der Waals surface area contributed by atoms with E-state index in [9.17, 15) is 4.79 Å². The summed E-state index contributed by atoms with van der Waals surface area (Å²) in [7, 11) is 0. The smallest absolute Gasteiger partial charge is 0.231 e. The number of ketones is 1. The third-order valence-corrected chi connectivity index (χ3v) is 4.52. The Labute approximate surface area is 131 Å². The van der Waals surface area contributed by atoms with Gasteiger partial charge in [0.15, 0.2) is 17.3 Å². The monoisotopic (exact) mass is 310 g/mol. The molecule has 1 aromatic heterocycles. The lowest BCUT2D eigenvalue weighted by atomic mass is 9.85. The maximum Gasteiger partial charge on any atom is 0.231 e. The molecule has 7 nitrogen and oxygen atoms in total. The number of nitrogens with zero attached hydrogens (tertiary/aromatic N) is 3. The normalized spacial score (nSPS) is 21.7. The first kappa shape index (κ1) is 12.7. The van der Waals surface area contributed by atoms with Gasteiger partial charge in [0.05, 0.1) is 0 Å². The second-order valence-corrected chi connectivity index (χ2v) is 5.84. The van der Waals surface area contributed by atoms with Gasteiger partial charge in [-0.15, -0.1) is 0 Å². The minimum atomic E-state index is -0.272. The van der Waals surface area contributed by atoms with Gasteiger partial charge in [0.1, 0.15) is 12.4 Å². The number of Topliss-reactive ketones (excluding diaryl/α,β-unsaturated/α-hetero) is 1. The van der Waals surface area contributed by atoms with Crippen LogP contribution in [0.2, 0.25) is 0 Å². The Hall–Kier alpha value is -2.83. The summed E-state index contributed by atoms with van der Waals surface area (Å²) in [5.41, 5.74) is 2.70. The van der Waals surface area contributed by atoms with Crippen LogP contribution in [-0.2, 0) is 4.79 Å². The Morgan fingerprint density at radius 3 is 3.09 bits per heavy atom. The van der Waals surface area contributed by atoms with Crippen molar-refractivity contribution in [1.82, 2.24) is 14.8 Å². The van der Waals surface area contributed by atoms with Gasteiger partial charge in [-0.1, -0.05) is 6.07 Å². The lowest BCUT2D eigenvalue weighted by molar-refractivity contribution is -0.116. The Balaban J connectivity index is 1.70. The molecular weight excluding hydrogens is 296 g/mol. The molecule has 5 rings (SSSR count). The number of hydrogen-bond acceptors (Lipinski definition) is 6. The van der Waals surface area contributed by atoms with E-state index in [4.69, 9.17) is 9.47 Å². The molecule has 1 aliphatic carbocycles. The van der Waals surface area contributed by atoms with E-state index in [1.807, 2.05) is 18.2 Å². The van der Waals surface area contributed by atoms with Crippen LogP contribution in [0.3, 0.4) is 0 Å². The van der Waals surface area contributed by atoms with Gasteiger partial charge in [0.25, 0.3) is 0 Å². The van der Waals surface area contributed by atoms with Crippen molar-refractivity contribution in [3.8, 4) is 11.5 Å². The number of ether oxygens (including phenoxy) is 2. The number of fused-ring (bicyclic) bond motifs is 2. The van der Waals surface area contributed by atoms with E-state index < -0.39 is 0 Å². The second-order valence-electron chi connectivity index (χ2n) is 5.84. The van der Waals surface area contributed by atoms with E-state index in [-0.39, 0.29) is 18.6 Å². The zero-order chi connectivity index (χ0) is 15.4. The molecule has 0 saturated heterocycles. The molecule has 1 N–H and O–H groups in total. The fraction of sp³-hybridized carbons (Fsp3) is 0.312. The molecule has 0 radical (unpaired) electrons. The van der Waals surface area contributed by atoms with E-state index in [2.05, 4.69) is 15.4 Å². The number of aromatic nitrogens is 3. The Morgan fingerprint density at radius 1 is 1.22 bits per heavy atom. The minimum absolute atomic E-state index is 0.169. The van der Waals surface area contributed by atoms with Crippen LogP contribution in [0, 0.1) is 0 Å². The van der Waals surface area contributed by atoms with E-state index in [1.165, 1.54) is 6.33 Å². The third-order valence-electron chi connectivity index (χ3n) is 4.52. The number of anilines is 1. The largest absolute Gasteiger partial charge is 0.454 e. The van der Waals surface area contributed by atoms with Crippen molar-refractivity contribution in [2.24, 2.45) is 0 Å². The highest BCUT2D eigenvalue weighted by Gasteiger charge is 2.36. The van der Waals surface area contributed by atoms with E-state index in [0.29, 0.717) is 18.1 Å². The topological polar surface area (TPSA) is 78.3 Å². The van der Waals surface area contributed by atoms with Crippen molar-refractivity contribution in [1.29, 1.82) is 0 Å². The molecule has 23 heavy (non-hydrogen) atoms. The maximum atomic E-state index is 12.6. The molecule has 1 atom stereocenters. The van der Waals surface area contributed by atoms with Crippen LogP contribution in [0.1, 0.15) is 30.9 Å². The number of benzene rings is 1. The van der Waals surface area contributed by atoms with Crippen LogP contribution in [0.25, 0.3) is 0 Å². The van der Waals surface area contributed by atoms with Crippen LogP contribution in [-0.4, -0.2) is 27.3 Å². The lowest BCUT2D eigenvalue weighted by Gasteiger charge is -2.32. The molecule has 0 saturated carbocycles. The molecule has 3 aliphatic rings. The average Bonchev–Trinajstić information content (AvgIpc) is 3.21. The molecule has 0 bridgehead atoms. The highest BCUT2D eigenvalue weighted by Crippen LogP contribution is 2.42. The van der Waals surface area contributed by atoms with Gasteiger partial charge in [-0.05, 0) is 30.5 Å². The zero-order valence-corrected chi connectivity index (χ0v) is 12.3. The summed E-state index contributed by atoms with van der Waals surface area (Å²) in [6.45, 7) is 0.229. The summed E-state index contributed by atoms with van der Waals surface area (Å²) < 4.78 is 12.6. The molecule has 0 fully saturated rings. The number of carbonyl (C=O) groups is 1. The fourth-order valence-corrected chi connectivity index (χ4v) is 3.49. The first-order chi connectivity index (χ1) is 11.3. The predicted molar refractivity (Wildman–Crippen MR) is 80.2 cm³/mol. The van der Waals surface area contributed by atoms with Gasteiger partial charge in [-0.3, -0.25) is 4.79 Å². The quantitative estimate of drug-likeness (QED) is 0.868.